The molecule has 0 aliphatic carbocycles. The fraction of sp³-hybridized carbons (Fsp3) is 0.0769. The van der Waals surface area contributed by atoms with Crippen LogP contribution < -0.4 is 5.32 Å². The minimum Gasteiger partial charge on any atom is -0.375 e. The van der Waals surface area contributed by atoms with Crippen molar-refractivity contribution in [1.29, 1.82) is 0 Å². The summed E-state index contributed by atoms with van der Waals surface area (Å²) >= 11 is 17.8. The Labute approximate surface area is 130 Å². The van der Waals surface area contributed by atoms with Crippen LogP contribution in [-0.2, 0) is 6.54 Å². The molecular weight excluding hydrogens is 323 g/mol. The van der Waals surface area contributed by atoms with Gasteiger partial charge in [-0.1, -0.05) is 34.8 Å². The Morgan fingerprint density at radius 3 is 2.40 bits per heavy atom. The third-order valence-corrected chi connectivity index (χ3v) is 3.47. The van der Waals surface area contributed by atoms with Crippen molar-refractivity contribution in [2.24, 2.45) is 0 Å². The van der Waals surface area contributed by atoms with E-state index in [2.05, 4.69) is 5.32 Å². The van der Waals surface area contributed by atoms with Crippen LogP contribution in [0.3, 0.4) is 0 Å². The van der Waals surface area contributed by atoms with Crippen molar-refractivity contribution in [3.8, 4) is 0 Å². The second-order valence-electron chi connectivity index (χ2n) is 4.01. The van der Waals surface area contributed by atoms with Crippen LogP contribution in [0.4, 0.5) is 11.4 Å². The Balaban J connectivity index is 2.24. The molecule has 0 amide bonds. The van der Waals surface area contributed by atoms with Crippen LogP contribution in [0.15, 0.2) is 36.4 Å². The average molecular weight is 332 g/mol. The van der Waals surface area contributed by atoms with Gasteiger partial charge in [0, 0.05) is 27.7 Å². The van der Waals surface area contributed by atoms with Crippen molar-refractivity contribution >= 4 is 46.2 Å². The molecule has 2 rings (SSSR count). The fourth-order valence-corrected chi connectivity index (χ4v) is 2.23. The number of nitrogens with zero attached hydrogens (tertiary/aromatic N) is 1. The number of hydrogen-bond donors (Lipinski definition) is 1. The predicted octanol–water partition coefficient (Wildman–Crippen LogP) is 5.17. The molecule has 0 bridgehead atoms. The Morgan fingerprint density at radius 1 is 1.05 bits per heavy atom. The second-order valence-corrected chi connectivity index (χ2v) is 5.29. The van der Waals surface area contributed by atoms with E-state index in [1.54, 1.807) is 18.2 Å². The monoisotopic (exact) mass is 330 g/mol. The molecule has 2 aromatic rings. The second kappa shape index (κ2) is 6.31. The molecule has 0 aromatic heterocycles. The van der Waals surface area contributed by atoms with Gasteiger partial charge in [0.1, 0.15) is 5.69 Å². The number of nitro benzene ring substituents is 1. The first-order valence-corrected chi connectivity index (χ1v) is 6.72. The molecule has 0 fully saturated rings. The summed E-state index contributed by atoms with van der Waals surface area (Å²) in [6, 6.07) is 9.37. The lowest BCUT2D eigenvalue weighted by Gasteiger charge is -2.09. The number of nitro groups is 1. The molecule has 4 nitrogen and oxygen atoms in total. The van der Waals surface area contributed by atoms with E-state index in [-0.39, 0.29) is 5.69 Å². The molecule has 2 aromatic carbocycles. The van der Waals surface area contributed by atoms with Crippen molar-refractivity contribution in [2.45, 2.75) is 6.54 Å². The minimum atomic E-state index is -0.474. The molecule has 0 unspecified atom stereocenters. The van der Waals surface area contributed by atoms with Crippen LogP contribution in [0.25, 0.3) is 0 Å². The van der Waals surface area contributed by atoms with E-state index in [0.717, 1.165) is 5.56 Å². The van der Waals surface area contributed by atoms with Gasteiger partial charge in [0.05, 0.1) is 4.92 Å². The van der Waals surface area contributed by atoms with E-state index in [1.165, 1.54) is 18.2 Å². The normalized spacial score (nSPS) is 10.3. The van der Waals surface area contributed by atoms with Gasteiger partial charge < -0.3 is 5.32 Å². The van der Waals surface area contributed by atoms with Gasteiger partial charge in [-0.15, -0.1) is 0 Å². The van der Waals surface area contributed by atoms with E-state index in [1.807, 2.05) is 0 Å². The maximum Gasteiger partial charge on any atom is 0.292 e. The maximum atomic E-state index is 10.9. The molecule has 0 aliphatic rings. The quantitative estimate of drug-likeness (QED) is 0.621. The first kappa shape index (κ1) is 14.9. The highest BCUT2D eigenvalue weighted by molar-refractivity contribution is 6.33. The summed E-state index contributed by atoms with van der Waals surface area (Å²) in [6.07, 6.45) is 0. The Morgan fingerprint density at radius 2 is 1.70 bits per heavy atom. The third kappa shape index (κ3) is 3.54. The lowest BCUT2D eigenvalue weighted by molar-refractivity contribution is -0.384. The number of rotatable bonds is 4. The molecule has 0 heterocycles. The summed E-state index contributed by atoms with van der Waals surface area (Å²) in [7, 11) is 0. The van der Waals surface area contributed by atoms with Gasteiger partial charge in [-0.05, 0) is 35.9 Å². The van der Waals surface area contributed by atoms with E-state index < -0.39 is 4.92 Å². The third-order valence-electron chi connectivity index (χ3n) is 2.63. The highest BCUT2D eigenvalue weighted by Crippen LogP contribution is 2.29. The number of benzene rings is 2. The molecule has 104 valence electrons. The van der Waals surface area contributed by atoms with E-state index in [4.69, 9.17) is 34.8 Å². The molecule has 0 spiro atoms. The van der Waals surface area contributed by atoms with E-state index in [9.17, 15) is 10.1 Å². The molecule has 0 atom stereocenters. The first-order chi connectivity index (χ1) is 9.47. The zero-order valence-electron chi connectivity index (χ0n) is 10.1. The molecule has 1 N–H and O–H groups in total. The minimum absolute atomic E-state index is 0.0486. The summed E-state index contributed by atoms with van der Waals surface area (Å²) in [4.78, 5) is 10.5. The Hall–Kier alpha value is -1.49. The number of hydrogen-bond acceptors (Lipinski definition) is 3. The SMILES string of the molecule is O=[N+]([O-])c1ccc(Cl)cc1NCc1cc(Cl)ccc1Cl. The zero-order chi connectivity index (χ0) is 14.7. The average Bonchev–Trinajstić information content (AvgIpc) is 2.39. The van der Waals surface area contributed by atoms with Gasteiger partial charge >= 0.3 is 0 Å². The van der Waals surface area contributed by atoms with Gasteiger partial charge in [0.2, 0.25) is 0 Å². The summed E-state index contributed by atoms with van der Waals surface area (Å²) < 4.78 is 0. The van der Waals surface area contributed by atoms with Gasteiger partial charge in [-0.25, -0.2) is 0 Å². The lowest BCUT2D eigenvalue weighted by Crippen LogP contribution is -2.03. The number of halogens is 3. The van der Waals surface area contributed by atoms with Gasteiger partial charge in [0.15, 0.2) is 0 Å². The lowest BCUT2D eigenvalue weighted by atomic mass is 10.2. The largest absolute Gasteiger partial charge is 0.375 e. The standard InChI is InChI=1S/C13H9Cl3N2O2/c14-9-1-3-11(16)8(5-9)7-17-12-6-10(15)2-4-13(12)18(19)20/h1-6,17H,7H2. The summed E-state index contributed by atoms with van der Waals surface area (Å²) in [5.74, 6) is 0. The van der Waals surface area contributed by atoms with Gasteiger partial charge in [0.25, 0.3) is 5.69 Å². The first-order valence-electron chi connectivity index (χ1n) is 5.59. The van der Waals surface area contributed by atoms with Gasteiger partial charge in [-0.2, -0.15) is 0 Å². The predicted molar refractivity (Wildman–Crippen MR) is 81.9 cm³/mol. The summed E-state index contributed by atoms with van der Waals surface area (Å²) in [5, 5.41) is 15.4. The van der Waals surface area contributed by atoms with E-state index >= 15 is 0 Å². The number of nitrogens with one attached hydrogen (secondary N) is 1. The van der Waals surface area contributed by atoms with Crippen molar-refractivity contribution in [3.63, 3.8) is 0 Å². The van der Waals surface area contributed by atoms with Crippen LogP contribution in [0.2, 0.25) is 15.1 Å². The molecule has 0 saturated carbocycles. The Kier molecular flexibility index (Phi) is 4.70. The molecular formula is C13H9Cl3N2O2. The molecule has 20 heavy (non-hydrogen) atoms. The topological polar surface area (TPSA) is 55.2 Å². The maximum absolute atomic E-state index is 10.9. The Bertz CT molecular complexity index is 662. The van der Waals surface area contributed by atoms with Crippen molar-refractivity contribution in [2.75, 3.05) is 5.32 Å². The smallest absolute Gasteiger partial charge is 0.292 e. The van der Waals surface area contributed by atoms with Gasteiger partial charge in [-0.3, -0.25) is 10.1 Å². The van der Waals surface area contributed by atoms with Crippen LogP contribution in [-0.4, -0.2) is 4.92 Å². The fourth-order valence-electron chi connectivity index (χ4n) is 1.68. The summed E-state index contributed by atoms with van der Waals surface area (Å²) in [6.45, 7) is 0.306. The highest BCUT2D eigenvalue weighted by Gasteiger charge is 2.14. The van der Waals surface area contributed by atoms with E-state index in [0.29, 0.717) is 27.3 Å². The number of anilines is 1. The van der Waals surface area contributed by atoms with Crippen LogP contribution >= 0.6 is 34.8 Å². The molecule has 0 radical (unpaired) electrons. The van der Waals surface area contributed by atoms with Crippen LogP contribution in [0.5, 0.6) is 0 Å². The van der Waals surface area contributed by atoms with Crippen molar-refractivity contribution < 1.29 is 4.92 Å². The van der Waals surface area contributed by atoms with Crippen LogP contribution in [0, 0.1) is 10.1 Å². The highest BCUT2D eigenvalue weighted by atomic mass is 35.5. The van der Waals surface area contributed by atoms with Crippen molar-refractivity contribution in [3.05, 3.63) is 67.1 Å². The zero-order valence-corrected chi connectivity index (χ0v) is 12.3. The molecule has 0 saturated heterocycles. The summed E-state index contributed by atoms with van der Waals surface area (Å²) in [5.41, 5.74) is 1.03. The molecule has 7 heteroatoms. The van der Waals surface area contributed by atoms with Crippen molar-refractivity contribution in [1.82, 2.24) is 0 Å². The molecule has 0 aliphatic heterocycles. The van der Waals surface area contributed by atoms with Crippen LogP contribution in [0.1, 0.15) is 5.56 Å².